The normalized spacial score (nSPS) is 11.2. The molecule has 21 heavy (non-hydrogen) atoms. The molecule has 3 rings (SSSR count). The van der Waals surface area contributed by atoms with Crippen LogP contribution < -0.4 is 5.32 Å². The molecule has 0 atom stereocenters. The molecule has 0 fully saturated rings. The number of aryl methyl sites for hydroxylation is 1. The van der Waals surface area contributed by atoms with Crippen molar-refractivity contribution in [2.24, 2.45) is 0 Å². The lowest BCUT2D eigenvalue weighted by atomic mass is 10.1. The molecule has 108 valence electrons. The number of benzene rings is 1. The van der Waals surface area contributed by atoms with Gasteiger partial charge < -0.3 is 5.32 Å². The number of nitrogens with one attached hydrogen (secondary N) is 1. The summed E-state index contributed by atoms with van der Waals surface area (Å²) >= 11 is 3.58. The van der Waals surface area contributed by atoms with E-state index in [2.05, 4.69) is 49.5 Å². The number of rotatable bonds is 3. The van der Waals surface area contributed by atoms with E-state index < -0.39 is 0 Å². The Morgan fingerprint density at radius 3 is 2.52 bits per heavy atom. The zero-order valence-corrected chi connectivity index (χ0v) is 13.9. The second-order valence-electron chi connectivity index (χ2n) is 5.08. The molecule has 5 heteroatoms. The lowest BCUT2D eigenvalue weighted by Crippen LogP contribution is -2.08. The monoisotopic (exact) mass is 344 g/mol. The molecule has 0 saturated carbocycles. The fraction of sp³-hybridized carbons (Fsp3) is 0.250. The van der Waals surface area contributed by atoms with Crippen LogP contribution in [0.3, 0.4) is 0 Å². The minimum atomic E-state index is 0.800. The van der Waals surface area contributed by atoms with Crippen molar-refractivity contribution in [2.75, 3.05) is 7.05 Å². The average Bonchev–Trinajstić information content (AvgIpc) is 2.75. The first-order valence-corrected chi connectivity index (χ1v) is 7.66. The maximum atomic E-state index is 4.65. The molecule has 4 nitrogen and oxygen atoms in total. The molecular weight excluding hydrogens is 328 g/mol. The van der Waals surface area contributed by atoms with E-state index in [4.69, 9.17) is 0 Å². The Balaban J connectivity index is 2.29. The molecule has 0 unspecified atom stereocenters. The van der Waals surface area contributed by atoms with Gasteiger partial charge in [0.05, 0.1) is 15.9 Å². The summed E-state index contributed by atoms with van der Waals surface area (Å²) < 4.78 is 2.94. The molecule has 0 radical (unpaired) electrons. The molecule has 0 aliphatic heterocycles. The average molecular weight is 345 g/mol. The third kappa shape index (κ3) is 2.36. The molecule has 2 aromatic heterocycles. The lowest BCUT2D eigenvalue weighted by Gasteiger charge is -2.11. The van der Waals surface area contributed by atoms with E-state index in [-0.39, 0.29) is 0 Å². The minimum Gasteiger partial charge on any atom is -0.316 e. The van der Waals surface area contributed by atoms with E-state index in [1.165, 1.54) is 10.9 Å². The molecular formula is C16H17BrN4. The van der Waals surface area contributed by atoms with E-state index in [1.807, 2.05) is 37.8 Å². The van der Waals surface area contributed by atoms with Crippen molar-refractivity contribution in [3.05, 3.63) is 51.9 Å². The summed E-state index contributed by atoms with van der Waals surface area (Å²) in [6.45, 7) is 4.84. The maximum absolute atomic E-state index is 4.65. The van der Waals surface area contributed by atoms with Crippen LogP contribution in [0.15, 0.2) is 34.9 Å². The zero-order valence-electron chi connectivity index (χ0n) is 12.3. The summed E-state index contributed by atoms with van der Waals surface area (Å²) in [5.41, 5.74) is 3.22. The molecule has 0 aliphatic rings. The summed E-state index contributed by atoms with van der Waals surface area (Å²) in [6, 6.07) is 8.33. The fourth-order valence-corrected chi connectivity index (χ4v) is 2.81. The zero-order chi connectivity index (χ0) is 15.0. The molecule has 0 saturated heterocycles. The Hall–Kier alpha value is -1.72. The summed E-state index contributed by atoms with van der Waals surface area (Å²) in [4.78, 5) is 4.65. The van der Waals surface area contributed by atoms with Crippen LogP contribution in [0.4, 0.5) is 0 Å². The van der Waals surface area contributed by atoms with Crippen LogP contribution >= 0.6 is 15.9 Å². The predicted molar refractivity (Wildman–Crippen MR) is 88.8 cm³/mol. The van der Waals surface area contributed by atoms with Crippen molar-refractivity contribution in [1.82, 2.24) is 20.1 Å². The Morgan fingerprint density at radius 1 is 1.19 bits per heavy atom. The Kier molecular flexibility index (Phi) is 3.78. The van der Waals surface area contributed by atoms with E-state index >= 15 is 0 Å². The SMILES string of the molecule is CNCc1cnc(-n2nc(C)c(Br)c2C)c2ccccc12. The Bertz CT molecular complexity index is 807. The van der Waals surface area contributed by atoms with Crippen molar-refractivity contribution in [1.29, 1.82) is 0 Å². The third-order valence-corrected chi connectivity index (χ3v) is 4.78. The van der Waals surface area contributed by atoms with Gasteiger partial charge in [-0.05, 0) is 47.8 Å². The maximum Gasteiger partial charge on any atom is 0.161 e. The van der Waals surface area contributed by atoms with Crippen molar-refractivity contribution < 1.29 is 0 Å². The van der Waals surface area contributed by atoms with Crippen LogP contribution in [0.1, 0.15) is 17.0 Å². The van der Waals surface area contributed by atoms with Gasteiger partial charge in [-0.25, -0.2) is 9.67 Å². The second-order valence-corrected chi connectivity index (χ2v) is 5.87. The van der Waals surface area contributed by atoms with E-state index in [0.29, 0.717) is 0 Å². The van der Waals surface area contributed by atoms with E-state index in [9.17, 15) is 0 Å². The fourth-order valence-electron chi connectivity index (χ4n) is 2.57. The van der Waals surface area contributed by atoms with Gasteiger partial charge >= 0.3 is 0 Å². The summed E-state index contributed by atoms with van der Waals surface area (Å²) in [7, 11) is 1.95. The lowest BCUT2D eigenvalue weighted by molar-refractivity contribution is 0.798. The van der Waals surface area contributed by atoms with Gasteiger partial charge in [0.2, 0.25) is 0 Å². The van der Waals surface area contributed by atoms with Crippen LogP contribution in [-0.4, -0.2) is 21.8 Å². The number of halogens is 1. The number of hydrogen-bond donors (Lipinski definition) is 1. The molecule has 3 aromatic rings. The van der Waals surface area contributed by atoms with Crippen molar-refractivity contribution in [3.8, 4) is 5.82 Å². The van der Waals surface area contributed by atoms with Crippen molar-refractivity contribution in [2.45, 2.75) is 20.4 Å². The third-order valence-electron chi connectivity index (χ3n) is 3.63. The van der Waals surface area contributed by atoms with E-state index in [0.717, 1.165) is 33.6 Å². The Morgan fingerprint density at radius 2 is 1.90 bits per heavy atom. The highest BCUT2D eigenvalue weighted by molar-refractivity contribution is 9.10. The minimum absolute atomic E-state index is 0.800. The molecule has 0 bridgehead atoms. The van der Waals surface area contributed by atoms with Crippen molar-refractivity contribution >= 4 is 26.7 Å². The predicted octanol–water partition coefficient (Wildman–Crippen LogP) is 3.52. The van der Waals surface area contributed by atoms with Gasteiger partial charge in [-0.2, -0.15) is 5.10 Å². The highest BCUT2D eigenvalue weighted by atomic mass is 79.9. The number of fused-ring (bicyclic) bond motifs is 1. The first kappa shape index (κ1) is 14.2. The van der Waals surface area contributed by atoms with Gasteiger partial charge in [0.25, 0.3) is 0 Å². The van der Waals surface area contributed by atoms with Gasteiger partial charge in [-0.3, -0.25) is 0 Å². The second kappa shape index (κ2) is 5.58. The number of aromatic nitrogens is 3. The smallest absolute Gasteiger partial charge is 0.161 e. The highest BCUT2D eigenvalue weighted by Gasteiger charge is 2.14. The number of pyridine rings is 1. The van der Waals surface area contributed by atoms with Crippen LogP contribution in [0.2, 0.25) is 0 Å². The summed E-state index contributed by atoms with van der Waals surface area (Å²) in [5.74, 6) is 0.872. The standard InChI is InChI=1S/C16H17BrN4/c1-10-15(17)11(2)21(20-10)16-14-7-5-4-6-13(14)12(8-18-3)9-19-16/h4-7,9,18H,8H2,1-3H3. The molecule has 2 heterocycles. The van der Waals surface area contributed by atoms with Crippen LogP contribution in [-0.2, 0) is 6.54 Å². The van der Waals surface area contributed by atoms with Gasteiger partial charge in [0, 0.05) is 18.1 Å². The molecule has 0 aliphatic carbocycles. The molecule has 0 amide bonds. The van der Waals surface area contributed by atoms with Gasteiger partial charge in [0.1, 0.15) is 0 Å². The quantitative estimate of drug-likeness (QED) is 0.790. The first-order valence-electron chi connectivity index (χ1n) is 6.86. The number of hydrogen-bond acceptors (Lipinski definition) is 3. The van der Waals surface area contributed by atoms with E-state index in [1.54, 1.807) is 0 Å². The van der Waals surface area contributed by atoms with Gasteiger partial charge in [-0.15, -0.1) is 0 Å². The van der Waals surface area contributed by atoms with Crippen LogP contribution in [0.25, 0.3) is 16.6 Å². The van der Waals surface area contributed by atoms with Gasteiger partial charge in [0.15, 0.2) is 5.82 Å². The Labute approximate surface area is 132 Å². The molecule has 0 spiro atoms. The van der Waals surface area contributed by atoms with Crippen LogP contribution in [0.5, 0.6) is 0 Å². The largest absolute Gasteiger partial charge is 0.316 e. The highest BCUT2D eigenvalue weighted by Crippen LogP contribution is 2.27. The first-order chi connectivity index (χ1) is 10.1. The summed E-state index contributed by atoms with van der Waals surface area (Å²) in [5, 5.41) is 10.1. The molecule has 1 aromatic carbocycles. The number of nitrogens with zero attached hydrogens (tertiary/aromatic N) is 3. The van der Waals surface area contributed by atoms with Crippen molar-refractivity contribution in [3.63, 3.8) is 0 Å². The van der Waals surface area contributed by atoms with Crippen LogP contribution in [0, 0.1) is 13.8 Å². The van der Waals surface area contributed by atoms with Gasteiger partial charge in [-0.1, -0.05) is 24.3 Å². The topological polar surface area (TPSA) is 42.7 Å². The summed E-state index contributed by atoms with van der Waals surface area (Å²) in [6.07, 6.45) is 1.93. The molecule has 1 N–H and O–H groups in total.